The van der Waals surface area contributed by atoms with E-state index in [-0.39, 0.29) is 19.6 Å². The van der Waals surface area contributed by atoms with Gasteiger partial charge in [0.1, 0.15) is 54.9 Å². The lowest BCUT2D eigenvalue weighted by atomic mass is 9.98. The Balaban J connectivity index is 1.76. The van der Waals surface area contributed by atoms with Crippen molar-refractivity contribution < 1.29 is 69.0 Å². The van der Waals surface area contributed by atoms with E-state index in [0.717, 1.165) is 70.6 Å². The van der Waals surface area contributed by atoms with Gasteiger partial charge in [0.25, 0.3) is 0 Å². The minimum atomic E-state index is -1.73. The van der Waals surface area contributed by atoms with Crippen LogP contribution >= 0.6 is 0 Å². The Morgan fingerprint density at radius 3 is 1.40 bits per heavy atom. The fourth-order valence-corrected chi connectivity index (χ4v) is 8.12. The first-order valence-electron chi connectivity index (χ1n) is 27.8. The molecule has 418 valence electrons. The third-order valence-electron chi connectivity index (χ3n) is 12.6. The number of ether oxygens (including phenoxy) is 6. The average Bonchev–Trinajstić information content (AvgIpc) is 3.39. The first kappa shape index (κ1) is 66.0. The number of allylic oxidation sites excluding steroid dienone is 15. The van der Waals surface area contributed by atoms with Gasteiger partial charge in [-0.2, -0.15) is 0 Å². The summed E-state index contributed by atoms with van der Waals surface area (Å²) in [5.74, 6) is -0.412. The van der Waals surface area contributed by atoms with Gasteiger partial charge in [0.2, 0.25) is 0 Å². The van der Waals surface area contributed by atoms with Crippen molar-refractivity contribution in [2.45, 2.75) is 235 Å². The van der Waals surface area contributed by atoms with Gasteiger partial charge in [-0.3, -0.25) is 4.79 Å². The Bertz CT molecular complexity index is 1570. The van der Waals surface area contributed by atoms with Crippen LogP contribution in [0.25, 0.3) is 0 Å². The number of esters is 1. The molecule has 14 nitrogen and oxygen atoms in total. The topological polar surface area (TPSA) is 214 Å². The van der Waals surface area contributed by atoms with Crippen molar-refractivity contribution in [2.24, 2.45) is 0 Å². The van der Waals surface area contributed by atoms with Crippen LogP contribution in [0.3, 0.4) is 0 Å². The summed E-state index contributed by atoms with van der Waals surface area (Å²) < 4.78 is 34.2. The molecule has 0 aromatic carbocycles. The second-order valence-electron chi connectivity index (χ2n) is 19.0. The lowest BCUT2D eigenvalue weighted by Gasteiger charge is -2.42. The molecule has 2 aliphatic rings. The molecule has 0 aromatic heterocycles. The van der Waals surface area contributed by atoms with Gasteiger partial charge in [-0.05, 0) is 83.5 Å². The molecule has 0 saturated carbocycles. The van der Waals surface area contributed by atoms with Crippen LogP contribution < -0.4 is 0 Å². The van der Waals surface area contributed by atoms with E-state index in [1.807, 2.05) is 6.08 Å². The monoisotopic (exact) mass is 1030 g/mol. The maximum atomic E-state index is 13.1. The molecule has 7 N–H and O–H groups in total. The molecule has 2 saturated heterocycles. The van der Waals surface area contributed by atoms with Gasteiger partial charge in [0.05, 0.1) is 33.0 Å². The van der Waals surface area contributed by atoms with Gasteiger partial charge in [-0.25, -0.2) is 0 Å². The van der Waals surface area contributed by atoms with E-state index in [9.17, 15) is 40.5 Å². The lowest BCUT2D eigenvalue weighted by Crippen LogP contribution is -2.61. The Labute approximate surface area is 439 Å². The molecule has 0 radical (unpaired) electrons. The van der Waals surface area contributed by atoms with Crippen molar-refractivity contribution in [1.29, 1.82) is 0 Å². The third-order valence-corrected chi connectivity index (χ3v) is 12.6. The Kier molecular flexibility index (Phi) is 40.8. The van der Waals surface area contributed by atoms with Crippen molar-refractivity contribution in [3.63, 3.8) is 0 Å². The molecule has 73 heavy (non-hydrogen) atoms. The van der Waals surface area contributed by atoms with Crippen LogP contribution in [-0.4, -0.2) is 142 Å². The smallest absolute Gasteiger partial charge is 0.306 e. The fourth-order valence-electron chi connectivity index (χ4n) is 8.12. The first-order valence-corrected chi connectivity index (χ1v) is 27.8. The summed E-state index contributed by atoms with van der Waals surface area (Å²) in [6, 6.07) is 0. The molecule has 0 aliphatic carbocycles. The maximum absolute atomic E-state index is 13.1. The number of carbonyl (C=O) groups is 1. The minimum absolute atomic E-state index is 0.00184. The summed E-state index contributed by atoms with van der Waals surface area (Å²) >= 11 is 0. The molecule has 11 unspecified atom stereocenters. The van der Waals surface area contributed by atoms with Crippen LogP contribution in [0.5, 0.6) is 0 Å². The van der Waals surface area contributed by atoms with Crippen molar-refractivity contribution in [1.82, 2.24) is 0 Å². The van der Waals surface area contributed by atoms with Gasteiger partial charge in [-0.15, -0.1) is 0 Å². The average molecular weight is 1030 g/mol. The van der Waals surface area contributed by atoms with Gasteiger partial charge in [0.15, 0.2) is 12.6 Å². The van der Waals surface area contributed by atoms with Crippen molar-refractivity contribution >= 4 is 5.97 Å². The van der Waals surface area contributed by atoms with Crippen LogP contribution in [0.1, 0.15) is 168 Å². The molecule has 0 spiro atoms. The van der Waals surface area contributed by atoms with E-state index in [1.54, 1.807) is 0 Å². The number of carbonyl (C=O) groups excluding carboxylic acids is 1. The predicted octanol–water partition coefficient (Wildman–Crippen LogP) is 9.41. The molecule has 0 bridgehead atoms. The summed E-state index contributed by atoms with van der Waals surface area (Å²) in [6.07, 6.45) is 43.5. The zero-order chi connectivity index (χ0) is 53.0. The van der Waals surface area contributed by atoms with Crippen LogP contribution in [0, 0.1) is 0 Å². The third kappa shape index (κ3) is 32.2. The van der Waals surface area contributed by atoms with Gasteiger partial charge < -0.3 is 64.2 Å². The minimum Gasteiger partial charge on any atom is -0.457 e. The van der Waals surface area contributed by atoms with Crippen molar-refractivity contribution in [3.05, 3.63) is 97.2 Å². The highest BCUT2D eigenvalue weighted by molar-refractivity contribution is 5.69. The quantitative estimate of drug-likeness (QED) is 0.0172. The van der Waals surface area contributed by atoms with E-state index >= 15 is 0 Å². The highest BCUT2D eigenvalue weighted by Gasteiger charge is 2.47. The highest BCUT2D eigenvalue weighted by Crippen LogP contribution is 2.26. The van der Waals surface area contributed by atoms with Crippen LogP contribution in [0.15, 0.2) is 97.2 Å². The standard InChI is InChI=1S/C59H98O14/c1-3-5-7-9-11-13-15-17-19-21-22-23-24-25-26-27-28-30-32-34-36-38-40-42-51(61)71-48(45-68-43-41-39-37-35-33-31-29-20-18-16-14-12-10-8-6-4-2)46-69-58-57(67)55(65)53(63)50(73-58)47-70-59-56(66)54(64)52(62)49(44-60)72-59/h6,8,12,14-15,17-18,20-22,24-25,31,33,37,39,48-50,52-60,62-67H,3-5,7,9-11,13,16,19,23,26-30,32,34-36,38,40-47H2,1-2H3/b8-6-,14-12-,17-15-,20-18-,22-21-,25-24-,33-31-,39-37-. The largest absolute Gasteiger partial charge is 0.457 e. The summed E-state index contributed by atoms with van der Waals surface area (Å²) in [4.78, 5) is 13.1. The second-order valence-corrected chi connectivity index (χ2v) is 19.0. The number of hydrogen-bond acceptors (Lipinski definition) is 14. The van der Waals surface area contributed by atoms with Gasteiger partial charge in [0, 0.05) is 6.42 Å². The Morgan fingerprint density at radius 1 is 0.466 bits per heavy atom. The van der Waals surface area contributed by atoms with Crippen LogP contribution in [0.4, 0.5) is 0 Å². The predicted molar refractivity (Wildman–Crippen MR) is 288 cm³/mol. The molecule has 0 amide bonds. The summed E-state index contributed by atoms with van der Waals surface area (Å²) in [5, 5.41) is 72.2. The first-order chi connectivity index (χ1) is 35.6. The fraction of sp³-hybridized carbons (Fsp3) is 0.712. The molecular formula is C59H98O14. The number of unbranched alkanes of at least 4 members (excludes halogenated alkanes) is 13. The summed E-state index contributed by atoms with van der Waals surface area (Å²) in [6.45, 7) is 3.31. The maximum Gasteiger partial charge on any atom is 0.306 e. The van der Waals surface area contributed by atoms with Crippen LogP contribution in [0.2, 0.25) is 0 Å². The number of hydrogen-bond donors (Lipinski definition) is 7. The highest BCUT2D eigenvalue weighted by atomic mass is 16.7. The molecule has 2 fully saturated rings. The molecule has 2 heterocycles. The SMILES string of the molecule is CC/C=C\C/C=C\C/C=C\C/C=C\C/C=C\CCOCC(COC1OC(COC2OC(CO)C(O)C(O)C2O)C(O)C(O)C1O)OC(=O)CCCCCCCCCC/C=C\C/C=C\C/C=C\CCCCCCC. The van der Waals surface area contributed by atoms with E-state index in [1.165, 1.54) is 64.2 Å². The normalized spacial score (nSPS) is 25.7. The second kappa shape index (κ2) is 45.1. The number of aliphatic hydroxyl groups excluding tert-OH is 7. The number of aliphatic hydroxyl groups is 7. The zero-order valence-corrected chi connectivity index (χ0v) is 44.6. The van der Waals surface area contributed by atoms with E-state index in [2.05, 4.69) is 105 Å². The Morgan fingerprint density at radius 2 is 0.890 bits per heavy atom. The van der Waals surface area contributed by atoms with E-state index < -0.39 is 86.7 Å². The van der Waals surface area contributed by atoms with E-state index in [0.29, 0.717) is 19.4 Å². The zero-order valence-electron chi connectivity index (χ0n) is 44.6. The van der Waals surface area contributed by atoms with Gasteiger partial charge >= 0.3 is 5.97 Å². The molecule has 2 rings (SSSR count). The summed E-state index contributed by atoms with van der Waals surface area (Å²) in [7, 11) is 0. The molecule has 11 atom stereocenters. The molecule has 14 heteroatoms. The number of rotatable bonds is 43. The van der Waals surface area contributed by atoms with E-state index in [4.69, 9.17) is 28.4 Å². The summed E-state index contributed by atoms with van der Waals surface area (Å²) in [5.41, 5.74) is 0. The van der Waals surface area contributed by atoms with Crippen molar-refractivity contribution in [2.75, 3.05) is 33.0 Å². The molecule has 2 aliphatic heterocycles. The van der Waals surface area contributed by atoms with Gasteiger partial charge in [-0.1, -0.05) is 175 Å². The lowest BCUT2D eigenvalue weighted by molar-refractivity contribution is -0.332. The van der Waals surface area contributed by atoms with Crippen molar-refractivity contribution in [3.8, 4) is 0 Å². The molecule has 0 aromatic rings. The van der Waals surface area contributed by atoms with Crippen LogP contribution in [-0.2, 0) is 33.2 Å². The Hall–Kier alpha value is -3.09. The molecular weight excluding hydrogens is 933 g/mol.